The molecule has 0 unspecified atom stereocenters. The van der Waals surface area contributed by atoms with Crippen molar-refractivity contribution in [2.45, 2.75) is 20.3 Å². The number of hydrogen-bond donors (Lipinski definition) is 0. The molecule has 2 aromatic rings. The molecule has 2 rings (SSSR count). The summed E-state index contributed by atoms with van der Waals surface area (Å²) < 4.78 is 1.30. The first-order valence-electron chi connectivity index (χ1n) is 4.15. The minimum atomic E-state index is 1.09. The minimum absolute atomic E-state index is 1.09. The molecule has 0 saturated heterocycles. The van der Waals surface area contributed by atoms with Crippen LogP contribution in [0.25, 0.3) is 10.2 Å². The highest BCUT2D eigenvalue weighted by Crippen LogP contribution is 2.22. The Kier molecular flexibility index (Phi) is 1.85. The van der Waals surface area contributed by atoms with Crippen molar-refractivity contribution >= 4 is 21.6 Å². The summed E-state index contributed by atoms with van der Waals surface area (Å²) in [5.41, 5.74) is 2.52. The van der Waals surface area contributed by atoms with E-state index in [1.165, 1.54) is 10.3 Å². The number of fused-ring (bicyclic) bond motifs is 1. The van der Waals surface area contributed by atoms with Crippen LogP contribution in [-0.4, -0.2) is 4.98 Å². The fourth-order valence-electron chi connectivity index (χ4n) is 1.31. The molecule has 2 heteroatoms. The van der Waals surface area contributed by atoms with Crippen LogP contribution in [0.5, 0.6) is 0 Å². The van der Waals surface area contributed by atoms with Gasteiger partial charge in [0.25, 0.3) is 0 Å². The highest BCUT2D eigenvalue weighted by molar-refractivity contribution is 7.18. The molecule has 0 atom stereocenters. The van der Waals surface area contributed by atoms with Crippen molar-refractivity contribution in [1.29, 1.82) is 0 Å². The standard InChI is InChI=1S/C10H11NS/c1-3-8-4-5-10-9(6-8)11-7(2)12-10/h4-6H,3H2,1-2H3. The quantitative estimate of drug-likeness (QED) is 0.652. The van der Waals surface area contributed by atoms with Crippen LogP contribution >= 0.6 is 11.3 Å². The summed E-state index contributed by atoms with van der Waals surface area (Å²) in [6.07, 6.45) is 1.09. The van der Waals surface area contributed by atoms with E-state index in [4.69, 9.17) is 0 Å². The first-order chi connectivity index (χ1) is 5.79. The lowest BCUT2D eigenvalue weighted by Gasteiger charge is -1.93. The van der Waals surface area contributed by atoms with Crippen LogP contribution in [0.2, 0.25) is 0 Å². The average molecular weight is 177 g/mol. The lowest BCUT2D eigenvalue weighted by Crippen LogP contribution is -1.78. The number of hydrogen-bond acceptors (Lipinski definition) is 2. The van der Waals surface area contributed by atoms with Crippen molar-refractivity contribution in [1.82, 2.24) is 4.98 Å². The minimum Gasteiger partial charge on any atom is -0.242 e. The fourth-order valence-corrected chi connectivity index (χ4v) is 2.12. The molecule has 0 radical (unpaired) electrons. The van der Waals surface area contributed by atoms with Gasteiger partial charge in [0.2, 0.25) is 0 Å². The maximum Gasteiger partial charge on any atom is 0.0907 e. The Labute approximate surface area is 76.1 Å². The molecule has 0 fully saturated rings. The van der Waals surface area contributed by atoms with Gasteiger partial charge in [-0.2, -0.15) is 0 Å². The van der Waals surface area contributed by atoms with Crippen LogP contribution in [0.4, 0.5) is 0 Å². The van der Waals surface area contributed by atoms with Gasteiger partial charge in [0.15, 0.2) is 0 Å². The molecule has 12 heavy (non-hydrogen) atoms. The number of benzene rings is 1. The first-order valence-corrected chi connectivity index (χ1v) is 4.97. The molecular formula is C10H11NS. The topological polar surface area (TPSA) is 12.9 Å². The molecule has 0 saturated carbocycles. The maximum atomic E-state index is 4.44. The number of aryl methyl sites for hydroxylation is 2. The number of rotatable bonds is 1. The molecule has 0 spiro atoms. The third-order valence-corrected chi connectivity index (χ3v) is 2.92. The van der Waals surface area contributed by atoms with Gasteiger partial charge in [-0.15, -0.1) is 11.3 Å². The second kappa shape index (κ2) is 2.87. The van der Waals surface area contributed by atoms with Gasteiger partial charge in [-0.25, -0.2) is 4.98 Å². The van der Waals surface area contributed by atoms with Gasteiger partial charge < -0.3 is 0 Å². The monoisotopic (exact) mass is 177 g/mol. The Hall–Kier alpha value is -0.890. The van der Waals surface area contributed by atoms with E-state index in [1.807, 2.05) is 0 Å². The van der Waals surface area contributed by atoms with Gasteiger partial charge in [-0.1, -0.05) is 13.0 Å². The predicted molar refractivity (Wildman–Crippen MR) is 53.7 cm³/mol. The van der Waals surface area contributed by atoms with Crippen LogP contribution < -0.4 is 0 Å². The van der Waals surface area contributed by atoms with E-state index < -0.39 is 0 Å². The van der Waals surface area contributed by atoms with E-state index in [1.54, 1.807) is 11.3 Å². The molecule has 0 N–H and O–H groups in total. The van der Waals surface area contributed by atoms with Crippen molar-refractivity contribution in [3.63, 3.8) is 0 Å². The van der Waals surface area contributed by atoms with E-state index in [0.717, 1.165) is 16.9 Å². The Balaban J connectivity index is 2.66. The van der Waals surface area contributed by atoms with Crippen LogP contribution in [0.15, 0.2) is 18.2 Å². The molecule has 0 aliphatic rings. The van der Waals surface area contributed by atoms with Gasteiger partial charge in [0.1, 0.15) is 0 Å². The summed E-state index contributed by atoms with van der Waals surface area (Å²) in [6.45, 7) is 4.22. The highest BCUT2D eigenvalue weighted by atomic mass is 32.1. The third kappa shape index (κ3) is 1.23. The van der Waals surface area contributed by atoms with Crippen LogP contribution in [0, 0.1) is 6.92 Å². The molecule has 1 aromatic carbocycles. The molecule has 1 heterocycles. The molecule has 0 aliphatic carbocycles. The summed E-state index contributed by atoms with van der Waals surface area (Å²) in [5, 5.41) is 1.15. The van der Waals surface area contributed by atoms with Gasteiger partial charge in [0, 0.05) is 0 Å². The zero-order valence-corrected chi connectivity index (χ0v) is 8.11. The van der Waals surface area contributed by atoms with Gasteiger partial charge in [-0.05, 0) is 31.0 Å². The van der Waals surface area contributed by atoms with Crippen LogP contribution in [-0.2, 0) is 6.42 Å². The van der Waals surface area contributed by atoms with Crippen LogP contribution in [0.3, 0.4) is 0 Å². The van der Waals surface area contributed by atoms with Crippen molar-refractivity contribution in [3.05, 3.63) is 28.8 Å². The molecule has 1 aromatic heterocycles. The van der Waals surface area contributed by atoms with E-state index in [-0.39, 0.29) is 0 Å². The molecule has 0 aliphatic heterocycles. The lowest BCUT2D eigenvalue weighted by molar-refractivity contribution is 1.14. The lowest BCUT2D eigenvalue weighted by atomic mass is 10.2. The first kappa shape index (κ1) is 7.74. The summed E-state index contributed by atoms with van der Waals surface area (Å²) in [4.78, 5) is 4.44. The number of nitrogens with zero attached hydrogens (tertiary/aromatic N) is 1. The summed E-state index contributed by atoms with van der Waals surface area (Å²) in [7, 11) is 0. The second-order valence-electron chi connectivity index (χ2n) is 2.89. The predicted octanol–water partition coefficient (Wildman–Crippen LogP) is 3.17. The zero-order chi connectivity index (χ0) is 8.55. The second-order valence-corrected chi connectivity index (χ2v) is 4.12. The Bertz CT molecular complexity index is 403. The molecular weight excluding hydrogens is 166 g/mol. The Morgan fingerprint density at radius 1 is 1.42 bits per heavy atom. The van der Waals surface area contributed by atoms with Crippen molar-refractivity contribution in [2.75, 3.05) is 0 Å². The summed E-state index contributed by atoms with van der Waals surface area (Å²) in [6, 6.07) is 6.53. The van der Waals surface area contributed by atoms with Crippen molar-refractivity contribution in [3.8, 4) is 0 Å². The van der Waals surface area contributed by atoms with Crippen molar-refractivity contribution < 1.29 is 0 Å². The fraction of sp³-hybridized carbons (Fsp3) is 0.300. The van der Waals surface area contributed by atoms with Crippen LogP contribution in [0.1, 0.15) is 17.5 Å². The SMILES string of the molecule is CCc1ccc2sc(C)nc2c1. The molecule has 62 valence electrons. The maximum absolute atomic E-state index is 4.44. The van der Waals surface area contributed by atoms with Gasteiger partial charge >= 0.3 is 0 Å². The Morgan fingerprint density at radius 3 is 3.00 bits per heavy atom. The van der Waals surface area contributed by atoms with E-state index in [0.29, 0.717) is 0 Å². The molecule has 0 amide bonds. The smallest absolute Gasteiger partial charge is 0.0907 e. The number of thiazole rings is 1. The zero-order valence-electron chi connectivity index (χ0n) is 7.29. The average Bonchev–Trinajstić information content (AvgIpc) is 2.43. The van der Waals surface area contributed by atoms with E-state index in [2.05, 4.69) is 37.0 Å². The number of aromatic nitrogens is 1. The van der Waals surface area contributed by atoms with E-state index in [9.17, 15) is 0 Å². The van der Waals surface area contributed by atoms with Crippen molar-refractivity contribution in [2.24, 2.45) is 0 Å². The largest absolute Gasteiger partial charge is 0.242 e. The molecule has 1 nitrogen and oxygen atoms in total. The summed E-state index contributed by atoms with van der Waals surface area (Å²) >= 11 is 1.76. The Morgan fingerprint density at radius 2 is 2.25 bits per heavy atom. The normalized spacial score (nSPS) is 10.8. The highest BCUT2D eigenvalue weighted by Gasteiger charge is 1.99. The van der Waals surface area contributed by atoms with Gasteiger partial charge in [-0.3, -0.25) is 0 Å². The summed E-state index contributed by atoms with van der Waals surface area (Å²) in [5.74, 6) is 0. The van der Waals surface area contributed by atoms with Gasteiger partial charge in [0.05, 0.1) is 15.2 Å². The van der Waals surface area contributed by atoms with E-state index >= 15 is 0 Å². The molecule has 0 bridgehead atoms. The third-order valence-electron chi connectivity index (χ3n) is 1.97.